The summed E-state index contributed by atoms with van der Waals surface area (Å²) < 4.78 is 43.7. The summed E-state index contributed by atoms with van der Waals surface area (Å²) in [7, 11) is 3.80. The van der Waals surface area contributed by atoms with Gasteiger partial charge in [-0.2, -0.15) is 13.2 Å². The molecule has 354 valence electrons. The molecule has 0 aliphatic carbocycles. The number of aliphatic carboxylic acids is 1. The number of carboxylic acids is 1. The summed E-state index contributed by atoms with van der Waals surface area (Å²) in [6.45, 7) is 5.58. The number of halogens is 3. The van der Waals surface area contributed by atoms with Crippen molar-refractivity contribution in [2.75, 3.05) is 51.3 Å². The Balaban J connectivity index is 1.58. The molecule has 0 bridgehead atoms. The highest BCUT2D eigenvalue weighted by molar-refractivity contribution is 8.15. The minimum absolute atomic E-state index is 0.0197. The number of thioether (sulfide) groups is 1. The van der Waals surface area contributed by atoms with E-state index in [2.05, 4.69) is 41.9 Å². The van der Waals surface area contributed by atoms with E-state index < -0.39 is 96.5 Å². The Labute approximate surface area is 375 Å². The number of alkyl carbamates (subject to hydrolysis) is 1. The molecular weight excluding hydrogens is 890 g/mol. The van der Waals surface area contributed by atoms with Gasteiger partial charge in [0, 0.05) is 18.0 Å². The molecule has 1 aliphatic rings. The van der Waals surface area contributed by atoms with E-state index in [1.54, 1.807) is 44.3 Å². The number of nitrogens with one attached hydrogen (secondary N) is 7. The maximum absolute atomic E-state index is 13.5. The van der Waals surface area contributed by atoms with Gasteiger partial charge < -0.3 is 52.0 Å². The van der Waals surface area contributed by atoms with Crippen LogP contribution in [0, 0.1) is 0 Å². The van der Waals surface area contributed by atoms with Crippen LogP contribution in [0.4, 0.5) is 23.7 Å². The van der Waals surface area contributed by atoms with Crippen LogP contribution in [0.15, 0.2) is 23.2 Å². The van der Waals surface area contributed by atoms with Crippen LogP contribution in [-0.2, 0) is 38.3 Å². The third kappa shape index (κ3) is 18.7. The zero-order valence-corrected chi connectivity index (χ0v) is 37.9. The molecule has 0 fully saturated rings. The summed E-state index contributed by atoms with van der Waals surface area (Å²) in [6, 6.07) is 0.385. The number of unbranched alkanes of at least 4 members (excludes halogenated alkanes) is 2. The Hall–Kier alpha value is -5.56. The van der Waals surface area contributed by atoms with Gasteiger partial charge in [-0.25, -0.2) is 14.6 Å². The molecule has 0 saturated carbocycles. The molecule has 64 heavy (non-hydrogen) atoms. The smallest absolute Gasteiger partial charge is 0.471 e. The van der Waals surface area contributed by atoms with Gasteiger partial charge in [0.1, 0.15) is 33.8 Å². The van der Waals surface area contributed by atoms with Crippen LogP contribution in [0.1, 0.15) is 71.2 Å². The van der Waals surface area contributed by atoms with Gasteiger partial charge in [-0.15, -0.1) is 23.1 Å². The van der Waals surface area contributed by atoms with Crippen molar-refractivity contribution in [3.05, 3.63) is 23.2 Å². The first-order valence-electron chi connectivity index (χ1n) is 20.2. The van der Waals surface area contributed by atoms with Crippen molar-refractivity contribution in [2.24, 2.45) is 4.99 Å². The van der Waals surface area contributed by atoms with Gasteiger partial charge in [-0.3, -0.25) is 33.8 Å². The number of benzene rings is 1. The number of hydrogen-bond acceptors (Lipinski definition) is 14. The number of carboxylic acid groups (broad SMARTS) is 1. The van der Waals surface area contributed by atoms with Crippen LogP contribution in [0.2, 0.25) is 0 Å². The summed E-state index contributed by atoms with van der Waals surface area (Å²) in [5.41, 5.74) is 0.0442. The van der Waals surface area contributed by atoms with Crippen molar-refractivity contribution in [1.29, 1.82) is 0 Å². The highest BCUT2D eigenvalue weighted by Gasteiger charge is 2.38. The topological polar surface area (TPSA) is 279 Å². The number of carbonyl (C=O) groups is 8. The molecule has 1 aromatic carbocycles. The highest BCUT2D eigenvalue weighted by Crippen LogP contribution is 2.31. The van der Waals surface area contributed by atoms with Crippen molar-refractivity contribution in [2.45, 2.75) is 102 Å². The van der Waals surface area contributed by atoms with Crippen LogP contribution in [0.25, 0.3) is 10.2 Å². The van der Waals surface area contributed by atoms with E-state index in [1.807, 2.05) is 19.0 Å². The second-order valence-electron chi connectivity index (χ2n) is 15.9. The van der Waals surface area contributed by atoms with Gasteiger partial charge in [-0.05, 0) is 105 Å². The molecule has 8 N–H and O–H groups in total. The molecule has 2 unspecified atom stereocenters. The number of nitrogens with zero attached hydrogens (tertiary/aromatic N) is 3. The summed E-state index contributed by atoms with van der Waals surface area (Å²) in [6.07, 6.45) is -4.26. The Bertz CT molecular complexity index is 2040. The molecule has 2 heterocycles. The van der Waals surface area contributed by atoms with Crippen LogP contribution in [0.5, 0.6) is 0 Å². The summed E-state index contributed by atoms with van der Waals surface area (Å²) in [5.74, 6) is -6.62. The zero-order chi connectivity index (χ0) is 47.8. The summed E-state index contributed by atoms with van der Waals surface area (Å²) in [4.78, 5) is 111. The van der Waals surface area contributed by atoms with Crippen LogP contribution < -0.4 is 37.2 Å². The van der Waals surface area contributed by atoms with E-state index in [9.17, 15) is 56.6 Å². The van der Waals surface area contributed by atoms with Crippen molar-refractivity contribution < 1.29 is 61.4 Å². The number of carbonyl (C=O) groups excluding carboxylic acids is 7. The van der Waals surface area contributed by atoms with Crippen LogP contribution in [-0.4, -0.2) is 150 Å². The standard InChI is InChI=1S/C39H55F3N10O10S2/c1-21(46-29(54)19-44-28(53)18-45-31(56)24(12-8-10-16-52(5)6)51-37(61)62-38(2,3)4)30(55)48-25(11-7-9-15-43-36(60)39(40,41)42)32(57)47-22-13-14-23-27(17-22)64-34(49-23)33-50-26(20-63-33)35(58)59/h13-14,17,21,24-26H,7-12,15-16,18-20H2,1-6H3,(H,43,60)(H,44,53)(H,45,56)(H,46,54)(H,47,57)(H,48,55)(H,51,61)(H,58,59)/t21?,24-,25-,26?/m0/s1. The maximum Gasteiger partial charge on any atom is 0.471 e. The summed E-state index contributed by atoms with van der Waals surface area (Å²) in [5, 5.41) is 26.9. The Morgan fingerprint density at radius 1 is 0.859 bits per heavy atom. The van der Waals surface area contributed by atoms with Gasteiger partial charge in [0.15, 0.2) is 6.04 Å². The largest absolute Gasteiger partial charge is 0.480 e. The minimum Gasteiger partial charge on any atom is -0.480 e. The lowest BCUT2D eigenvalue weighted by Gasteiger charge is -2.23. The molecule has 0 saturated heterocycles. The quantitative estimate of drug-likeness (QED) is 0.0741. The molecule has 2 aromatic rings. The number of anilines is 1. The number of rotatable bonds is 23. The Morgan fingerprint density at radius 3 is 2.14 bits per heavy atom. The third-order valence-corrected chi connectivity index (χ3v) is 11.1. The number of thiazole rings is 1. The van der Waals surface area contributed by atoms with E-state index in [1.165, 1.54) is 30.0 Å². The molecule has 25 heteroatoms. The lowest BCUT2D eigenvalue weighted by Crippen LogP contribution is -2.53. The predicted molar refractivity (Wildman–Crippen MR) is 233 cm³/mol. The molecule has 0 spiro atoms. The molecule has 0 radical (unpaired) electrons. The molecule has 4 atom stereocenters. The van der Waals surface area contributed by atoms with Crippen molar-refractivity contribution in [1.82, 2.24) is 41.8 Å². The van der Waals surface area contributed by atoms with E-state index in [0.717, 1.165) is 13.0 Å². The fraction of sp³-hybridized carbons (Fsp3) is 0.590. The number of aromatic nitrogens is 1. The van der Waals surface area contributed by atoms with Crippen molar-refractivity contribution in [3.8, 4) is 0 Å². The van der Waals surface area contributed by atoms with Crippen molar-refractivity contribution >= 4 is 91.6 Å². The minimum atomic E-state index is -5.07. The lowest BCUT2D eigenvalue weighted by molar-refractivity contribution is -0.173. The first-order valence-corrected chi connectivity index (χ1v) is 22.0. The van der Waals surface area contributed by atoms with Gasteiger partial charge in [-0.1, -0.05) is 0 Å². The monoisotopic (exact) mass is 944 g/mol. The number of aliphatic imine (C=N–C) groups is 1. The third-order valence-electron chi connectivity index (χ3n) is 8.87. The number of amides is 7. The fourth-order valence-electron chi connectivity index (χ4n) is 5.67. The molecule has 1 aliphatic heterocycles. The van der Waals surface area contributed by atoms with Gasteiger partial charge in [0.05, 0.1) is 23.3 Å². The van der Waals surface area contributed by atoms with Crippen LogP contribution in [0.3, 0.4) is 0 Å². The number of alkyl halides is 3. The van der Waals surface area contributed by atoms with Gasteiger partial charge >= 0.3 is 24.1 Å². The average Bonchev–Trinajstić information content (AvgIpc) is 3.86. The van der Waals surface area contributed by atoms with E-state index >= 15 is 0 Å². The maximum atomic E-state index is 13.5. The normalized spacial score (nSPS) is 15.3. The first-order chi connectivity index (χ1) is 29.9. The Morgan fingerprint density at radius 2 is 1.52 bits per heavy atom. The van der Waals surface area contributed by atoms with E-state index in [-0.39, 0.29) is 38.0 Å². The number of fused-ring (bicyclic) bond motifs is 1. The predicted octanol–water partition coefficient (Wildman–Crippen LogP) is 1.88. The molecule has 20 nitrogen and oxygen atoms in total. The SMILES string of the molecule is CC(NC(=O)CNC(=O)CNC(=O)[C@H](CCCCN(C)C)NC(=O)OC(C)(C)C)C(=O)N[C@@H](CCCCNC(=O)C(F)(F)F)C(=O)Nc1ccc2nc(C3=NC(C(=O)O)CS3)sc2c1. The van der Waals surface area contributed by atoms with Crippen LogP contribution >= 0.6 is 23.1 Å². The molecule has 3 rings (SSSR count). The molecular formula is C39H55F3N10O10S2. The first kappa shape index (κ1) is 52.8. The van der Waals surface area contributed by atoms with E-state index in [4.69, 9.17) is 4.74 Å². The number of ether oxygens (including phenoxy) is 1. The molecule has 7 amide bonds. The second-order valence-corrected chi connectivity index (χ2v) is 17.9. The number of hydrogen-bond donors (Lipinski definition) is 8. The Kier molecular flexibility index (Phi) is 20.2. The van der Waals surface area contributed by atoms with Gasteiger partial charge in [0.2, 0.25) is 29.5 Å². The molecule has 1 aromatic heterocycles. The van der Waals surface area contributed by atoms with Gasteiger partial charge in [0.25, 0.3) is 0 Å². The fourth-order valence-corrected chi connectivity index (χ4v) is 7.77. The lowest BCUT2D eigenvalue weighted by atomic mass is 10.1. The average molecular weight is 945 g/mol. The van der Waals surface area contributed by atoms with Crippen molar-refractivity contribution in [3.63, 3.8) is 0 Å². The highest BCUT2D eigenvalue weighted by atomic mass is 32.2. The van der Waals surface area contributed by atoms with E-state index in [0.29, 0.717) is 32.4 Å². The zero-order valence-electron chi connectivity index (χ0n) is 36.2. The second kappa shape index (κ2) is 24.5. The summed E-state index contributed by atoms with van der Waals surface area (Å²) >= 11 is 2.48.